The number of benzene rings is 1. The fraction of sp³-hybridized carbons (Fsp3) is 0.462. The second-order valence-corrected chi connectivity index (χ2v) is 4.72. The van der Waals surface area contributed by atoms with Gasteiger partial charge in [0.2, 0.25) is 0 Å². The Bertz CT molecular complexity index is 471. The molecule has 1 saturated carbocycles. The van der Waals surface area contributed by atoms with Gasteiger partial charge in [0, 0.05) is 11.9 Å². The van der Waals surface area contributed by atoms with Gasteiger partial charge in [0.15, 0.2) is 0 Å². The van der Waals surface area contributed by atoms with Gasteiger partial charge in [-0.15, -0.1) is 0 Å². The first kappa shape index (κ1) is 9.85. The van der Waals surface area contributed by atoms with Crippen molar-refractivity contribution in [1.82, 2.24) is 15.5 Å². The van der Waals surface area contributed by atoms with Gasteiger partial charge in [0.1, 0.15) is 0 Å². The summed E-state index contributed by atoms with van der Waals surface area (Å²) in [4.78, 5) is 0. The third-order valence-corrected chi connectivity index (χ3v) is 3.49. The molecule has 0 saturated heterocycles. The topological polar surface area (TPSA) is 40.7 Å². The molecule has 3 nitrogen and oxygen atoms in total. The summed E-state index contributed by atoms with van der Waals surface area (Å²) in [5.74, 6) is 0.927. The van der Waals surface area contributed by atoms with E-state index in [2.05, 4.69) is 33.7 Å². The van der Waals surface area contributed by atoms with E-state index in [0.717, 1.165) is 18.0 Å². The van der Waals surface area contributed by atoms with Crippen molar-refractivity contribution >= 4 is 10.9 Å². The lowest BCUT2D eigenvalue weighted by molar-refractivity contribution is 0.301. The zero-order valence-corrected chi connectivity index (χ0v) is 9.37. The van der Waals surface area contributed by atoms with Crippen molar-refractivity contribution < 1.29 is 0 Å². The van der Waals surface area contributed by atoms with Crippen LogP contribution in [0.3, 0.4) is 0 Å². The van der Waals surface area contributed by atoms with E-state index in [4.69, 9.17) is 0 Å². The van der Waals surface area contributed by atoms with Crippen molar-refractivity contribution in [2.24, 2.45) is 5.92 Å². The smallest absolute Gasteiger partial charge is 0.0653 e. The van der Waals surface area contributed by atoms with E-state index in [0.29, 0.717) is 0 Å². The van der Waals surface area contributed by atoms with Crippen LogP contribution in [-0.4, -0.2) is 16.7 Å². The van der Waals surface area contributed by atoms with Crippen LogP contribution in [0.5, 0.6) is 0 Å². The summed E-state index contributed by atoms with van der Waals surface area (Å²) in [5, 5.41) is 11.7. The quantitative estimate of drug-likeness (QED) is 0.822. The van der Waals surface area contributed by atoms with Gasteiger partial charge in [0.05, 0.1) is 11.7 Å². The number of hydrogen-bond donors (Lipinski definition) is 2. The number of rotatable bonds is 4. The van der Waals surface area contributed by atoms with E-state index in [-0.39, 0.29) is 0 Å². The Balaban J connectivity index is 1.60. The van der Waals surface area contributed by atoms with Gasteiger partial charge in [-0.25, -0.2) is 0 Å². The van der Waals surface area contributed by atoms with Crippen molar-refractivity contribution in [3.63, 3.8) is 0 Å². The van der Waals surface area contributed by atoms with Gasteiger partial charge in [-0.05, 0) is 36.9 Å². The molecule has 0 atom stereocenters. The maximum Gasteiger partial charge on any atom is 0.0653 e. The number of aromatic nitrogens is 2. The second-order valence-electron chi connectivity index (χ2n) is 4.72. The molecule has 1 aliphatic carbocycles. The molecular formula is C13H17N3. The molecule has 1 heterocycles. The molecule has 0 amide bonds. The monoisotopic (exact) mass is 215 g/mol. The summed E-state index contributed by atoms with van der Waals surface area (Å²) in [7, 11) is 0. The molecular weight excluding hydrogens is 198 g/mol. The molecule has 3 heteroatoms. The highest BCUT2D eigenvalue weighted by atomic mass is 15.1. The first-order chi connectivity index (χ1) is 7.92. The average Bonchev–Trinajstić information content (AvgIpc) is 2.68. The minimum Gasteiger partial charge on any atom is -0.312 e. The maximum atomic E-state index is 4.03. The van der Waals surface area contributed by atoms with Crippen LogP contribution in [0.1, 0.15) is 24.8 Å². The molecule has 1 fully saturated rings. The van der Waals surface area contributed by atoms with Gasteiger partial charge < -0.3 is 5.32 Å². The molecule has 1 aromatic heterocycles. The predicted octanol–water partition coefficient (Wildman–Crippen LogP) is 2.45. The highest BCUT2D eigenvalue weighted by Gasteiger charge is 2.16. The molecule has 16 heavy (non-hydrogen) atoms. The fourth-order valence-electron chi connectivity index (χ4n) is 2.21. The van der Waals surface area contributed by atoms with Gasteiger partial charge >= 0.3 is 0 Å². The molecule has 2 aromatic rings. The van der Waals surface area contributed by atoms with Crippen molar-refractivity contribution in [2.45, 2.75) is 25.8 Å². The van der Waals surface area contributed by atoms with E-state index in [1.807, 2.05) is 6.20 Å². The molecule has 3 rings (SSSR count). The third kappa shape index (κ3) is 1.95. The summed E-state index contributed by atoms with van der Waals surface area (Å²) < 4.78 is 0. The minimum atomic E-state index is 0.927. The number of nitrogens with zero attached hydrogens (tertiary/aromatic N) is 1. The van der Waals surface area contributed by atoms with E-state index in [9.17, 15) is 0 Å². The van der Waals surface area contributed by atoms with Crippen LogP contribution in [-0.2, 0) is 6.54 Å². The standard InChI is InChI=1S/C13H17N3/c1-2-10(3-1)7-14-8-11-4-5-12-9-15-16-13(12)6-11/h4-6,9-10,14H,1-3,7-8H2,(H,15,16). The Labute approximate surface area is 95.2 Å². The van der Waals surface area contributed by atoms with Crippen LogP contribution in [0.15, 0.2) is 24.4 Å². The molecule has 0 spiro atoms. The van der Waals surface area contributed by atoms with Crippen LogP contribution < -0.4 is 5.32 Å². The van der Waals surface area contributed by atoms with Gasteiger partial charge in [-0.2, -0.15) is 5.10 Å². The van der Waals surface area contributed by atoms with Crippen LogP contribution in [0.25, 0.3) is 10.9 Å². The van der Waals surface area contributed by atoms with E-state index in [1.54, 1.807) is 0 Å². The highest BCUT2D eigenvalue weighted by Crippen LogP contribution is 2.25. The Morgan fingerprint density at radius 2 is 2.31 bits per heavy atom. The normalized spacial score (nSPS) is 16.5. The predicted molar refractivity (Wildman–Crippen MR) is 65.1 cm³/mol. The molecule has 0 aliphatic heterocycles. The summed E-state index contributed by atoms with van der Waals surface area (Å²) >= 11 is 0. The molecule has 2 N–H and O–H groups in total. The fourth-order valence-corrected chi connectivity index (χ4v) is 2.21. The number of hydrogen-bond acceptors (Lipinski definition) is 2. The second kappa shape index (κ2) is 4.26. The van der Waals surface area contributed by atoms with Crippen LogP contribution >= 0.6 is 0 Å². The van der Waals surface area contributed by atoms with E-state index >= 15 is 0 Å². The first-order valence-corrected chi connectivity index (χ1v) is 6.04. The van der Waals surface area contributed by atoms with Crippen molar-refractivity contribution in [3.8, 4) is 0 Å². The Kier molecular flexibility index (Phi) is 2.62. The van der Waals surface area contributed by atoms with Crippen LogP contribution in [0.2, 0.25) is 0 Å². The van der Waals surface area contributed by atoms with Gasteiger partial charge in [-0.1, -0.05) is 18.6 Å². The molecule has 0 bridgehead atoms. The summed E-state index contributed by atoms with van der Waals surface area (Å²) in [5.41, 5.74) is 2.46. The summed E-state index contributed by atoms with van der Waals surface area (Å²) in [6.45, 7) is 2.13. The SMILES string of the molecule is c1cc2cn[nH]c2cc1CNCC1CCC1. The largest absolute Gasteiger partial charge is 0.312 e. The third-order valence-electron chi connectivity index (χ3n) is 3.49. The Morgan fingerprint density at radius 1 is 1.38 bits per heavy atom. The molecule has 0 radical (unpaired) electrons. The molecule has 84 valence electrons. The lowest BCUT2D eigenvalue weighted by Crippen LogP contribution is -2.26. The number of nitrogens with one attached hydrogen (secondary N) is 2. The number of H-pyrrole nitrogens is 1. The first-order valence-electron chi connectivity index (χ1n) is 6.04. The van der Waals surface area contributed by atoms with E-state index < -0.39 is 0 Å². The van der Waals surface area contributed by atoms with Crippen molar-refractivity contribution in [1.29, 1.82) is 0 Å². The Morgan fingerprint density at radius 3 is 3.12 bits per heavy atom. The van der Waals surface area contributed by atoms with Gasteiger partial charge in [0.25, 0.3) is 0 Å². The number of fused-ring (bicyclic) bond motifs is 1. The Hall–Kier alpha value is -1.35. The summed E-state index contributed by atoms with van der Waals surface area (Å²) in [6.07, 6.45) is 6.10. The van der Waals surface area contributed by atoms with E-state index in [1.165, 1.54) is 36.8 Å². The molecule has 1 aromatic carbocycles. The van der Waals surface area contributed by atoms with Crippen molar-refractivity contribution in [2.75, 3.05) is 6.54 Å². The minimum absolute atomic E-state index is 0.927. The molecule has 0 unspecified atom stereocenters. The molecule has 1 aliphatic rings. The average molecular weight is 215 g/mol. The van der Waals surface area contributed by atoms with Crippen molar-refractivity contribution in [3.05, 3.63) is 30.0 Å². The zero-order chi connectivity index (χ0) is 10.8. The maximum absolute atomic E-state index is 4.03. The van der Waals surface area contributed by atoms with Crippen LogP contribution in [0.4, 0.5) is 0 Å². The lowest BCUT2D eigenvalue weighted by Gasteiger charge is -2.25. The van der Waals surface area contributed by atoms with Crippen LogP contribution in [0, 0.1) is 5.92 Å². The lowest BCUT2D eigenvalue weighted by atomic mass is 9.85. The highest BCUT2D eigenvalue weighted by molar-refractivity contribution is 5.78. The van der Waals surface area contributed by atoms with Gasteiger partial charge in [-0.3, -0.25) is 5.10 Å². The zero-order valence-electron chi connectivity index (χ0n) is 9.37. The summed E-state index contributed by atoms with van der Waals surface area (Å²) in [6, 6.07) is 6.47. The number of aromatic amines is 1.